The molecule has 0 bridgehead atoms. The third-order valence-corrected chi connectivity index (χ3v) is 8.30. The van der Waals surface area contributed by atoms with Crippen molar-refractivity contribution in [2.24, 2.45) is 0 Å². The minimum absolute atomic E-state index is 0.979. The Bertz CT molecular complexity index is 1640. The molecule has 0 N–H and O–H groups in total. The fraction of sp³-hybridized carbons (Fsp3) is 0. The Morgan fingerprint density at radius 2 is 1.56 bits per heavy atom. The molecular weight excluding hydrogens is 424 g/mol. The van der Waals surface area contributed by atoms with Gasteiger partial charge in [-0.3, -0.25) is 0 Å². The minimum Gasteiger partial charge on any atom is -0.135 e. The second kappa shape index (κ2) is 8.23. The van der Waals surface area contributed by atoms with Gasteiger partial charge in [-0.2, -0.15) is 0 Å². The molecule has 5 aromatic rings. The van der Waals surface area contributed by atoms with Crippen molar-refractivity contribution < 1.29 is 0 Å². The minimum atomic E-state index is 0.979. The van der Waals surface area contributed by atoms with Gasteiger partial charge in [0.25, 0.3) is 0 Å². The Morgan fingerprint density at radius 3 is 2.31 bits per heavy atom. The van der Waals surface area contributed by atoms with E-state index >= 15 is 0 Å². The molecule has 0 spiro atoms. The quantitative estimate of drug-likeness (QED) is 0.258. The molecule has 0 fully saturated rings. The van der Waals surface area contributed by atoms with Crippen molar-refractivity contribution >= 4 is 67.1 Å². The van der Waals surface area contributed by atoms with Crippen molar-refractivity contribution in [1.82, 2.24) is 0 Å². The first-order valence-corrected chi connectivity index (χ1v) is 12.0. The molecule has 0 saturated carbocycles. The van der Waals surface area contributed by atoms with Gasteiger partial charge in [0, 0.05) is 29.6 Å². The SMILES string of the molecule is C=C/C(c1cccc(-c2cccc3c2sc2ccccc23)c1)=c1/sc(C=C)c(C=C)c1=C. The lowest BCUT2D eigenvalue weighted by Gasteiger charge is -2.08. The molecule has 2 aromatic heterocycles. The lowest BCUT2D eigenvalue weighted by Crippen LogP contribution is -2.21. The van der Waals surface area contributed by atoms with Crippen LogP contribution < -0.4 is 9.75 Å². The zero-order valence-electron chi connectivity index (χ0n) is 17.7. The van der Waals surface area contributed by atoms with E-state index in [-0.39, 0.29) is 0 Å². The van der Waals surface area contributed by atoms with E-state index < -0.39 is 0 Å². The Hall–Kier alpha value is -3.46. The maximum absolute atomic E-state index is 4.32. The van der Waals surface area contributed by atoms with Crippen molar-refractivity contribution in [3.8, 4) is 11.1 Å². The van der Waals surface area contributed by atoms with Gasteiger partial charge >= 0.3 is 0 Å². The van der Waals surface area contributed by atoms with Crippen molar-refractivity contribution in [1.29, 1.82) is 0 Å². The third kappa shape index (κ3) is 3.20. The molecule has 3 aromatic carbocycles. The average Bonchev–Trinajstić information content (AvgIpc) is 3.37. The Balaban J connectivity index is 1.75. The van der Waals surface area contributed by atoms with Gasteiger partial charge in [-0.15, -0.1) is 22.7 Å². The van der Waals surface area contributed by atoms with Crippen LogP contribution in [0.2, 0.25) is 0 Å². The number of benzene rings is 3. The Morgan fingerprint density at radius 1 is 0.781 bits per heavy atom. The first-order chi connectivity index (χ1) is 15.7. The third-order valence-electron chi connectivity index (χ3n) is 5.80. The summed E-state index contributed by atoms with van der Waals surface area (Å²) in [5, 5.41) is 3.61. The van der Waals surface area contributed by atoms with Crippen LogP contribution in [0, 0.1) is 0 Å². The van der Waals surface area contributed by atoms with E-state index in [0.717, 1.165) is 31.3 Å². The first-order valence-electron chi connectivity index (χ1n) is 10.4. The van der Waals surface area contributed by atoms with Gasteiger partial charge in [-0.1, -0.05) is 99.1 Å². The van der Waals surface area contributed by atoms with Crippen LogP contribution in [-0.2, 0) is 0 Å². The Labute approximate surface area is 196 Å². The van der Waals surface area contributed by atoms with Crippen molar-refractivity contribution in [3.63, 3.8) is 0 Å². The topological polar surface area (TPSA) is 0 Å². The predicted octanol–water partition coefficient (Wildman–Crippen LogP) is 7.86. The number of allylic oxidation sites excluding steroid dienone is 1. The van der Waals surface area contributed by atoms with E-state index in [1.165, 1.54) is 31.3 Å². The smallest absolute Gasteiger partial charge is 0.0433 e. The summed E-state index contributed by atoms with van der Waals surface area (Å²) in [6.07, 6.45) is 5.66. The molecule has 0 radical (unpaired) electrons. The molecule has 5 rings (SSSR count). The summed E-state index contributed by atoms with van der Waals surface area (Å²) >= 11 is 3.54. The summed E-state index contributed by atoms with van der Waals surface area (Å²) in [5.74, 6) is 0. The largest absolute Gasteiger partial charge is 0.135 e. The lowest BCUT2D eigenvalue weighted by atomic mass is 9.97. The van der Waals surface area contributed by atoms with Gasteiger partial charge in [0.15, 0.2) is 0 Å². The highest BCUT2D eigenvalue weighted by molar-refractivity contribution is 7.26. The molecule has 0 saturated heterocycles. The molecule has 2 heteroatoms. The maximum atomic E-state index is 4.32. The predicted molar refractivity (Wildman–Crippen MR) is 147 cm³/mol. The molecular formula is C30H22S2. The van der Waals surface area contributed by atoms with Crippen molar-refractivity contribution in [2.75, 3.05) is 0 Å². The van der Waals surface area contributed by atoms with Gasteiger partial charge < -0.3 is 0 Å². The standard InChI is InChI=1S/C30H22S2/c1-5-22-19(4)29(31-27(22)7-3)23(6-2)20-12-10-13-21(18-20)24-15-11-16-26-25-14-8-9-17-28(25)32-30(24)26/h5-18H,1-4H2/b29-23-. The van der Waals surface area contributed by atoms with Crippen LogP contribution in [0.3, 0.4) is 0 Å². The molecule has 0 atom stereocenters. The fourth-order valence-electron chi connectivity index (χ4n) is 4.26. The lowest BCUT2D eigenvalue weighted by molar-refractivity contribution is 1.57. The van der Waals surface area contributed by atoms with Crippen LogP contribution in [-0.4, -0.2) is 0 Å². The zero-order chi connectivity index (χ0) is 22.2. The molecule has 0 nitrogen and oxygen atoms in total. The van der Waals surface area contributed by atoms with Gasteiger partial charge in [0.1, 0.15) is 0 Å². The van der Waals surface area contributed by atoms with Crippen LogP contribution in [0.25, 0.3) is 55.6 Å². The molecule has 32 heavy (non-hydrogen) atoms. The Kier molecular flexibility index (Phi) is 5.26. The summed E-state index contributed by atoms with van der Waals surface area (Å²) in [4.78, 5) is 1.09. The van der Waals surface area contributed by atoms with Crippen molar-refractivity contribution in [2.45, 2.75) is 0 Å². The number of thiophene rings is 2. The van der Waals surface area contributed by atoms with Gasteiger partial charge in [0.2, 0.25) is 0 Å². The van der Waals surface area contributed by atoms with Crippen LogP contribution >= 0.6 is 22.7 Å². The van der Waals surface area contributed by atoms with Crippen LogP contribution in [0.4, 0.5) is 0 Å². The van der Waals surface area contributed by atoms with E-state index in [9.17, 15) is 0 Å². The number of rotatable bonds is 5. The van der Waals surface area contributed by atoms with Gasteiger partial charge in [-0.05, 0) is 45.2 Å². The molecule has 0 unspecified atom stereocenters. The highest BCUT2D eigenvalue weighted by Crippen LogP contribution is 2.40. The molecule has 154 valence electrons. The normalized spacial score (nSPS) is 12.1. The van der Waals surface area contributed by atoms with E-state index in [4.69, 9.17) is 0 Å². The van der Waals surface area contributed by atoms with E-state index in [1.807, 2.05) is 29.6 Å². The second-order valence-electron chi connectivity index (χ2n) is 7.57. The van der Waals surface area contributed by atoms with Crippen LogP contribution in [0.1, 0.15) is 16.0 Å². The second-order valence-corrected chi connectivity index (χ2v) is 9.68. The molecule has 0 aliphatic heterocycles. The molecule has 0 amide bonds. The summed E-state index contributed by atoms with van der Waals surface area (Å²) in [7, 11) is 0. The number of fused-ring (bicyclic) bond motifs is 3. The van der Waals surface area contributed by atoms with Gasteiger partial charge in [0.05, 0.1) is 0 Å². The number of hydrogen-bond donors (Lipinski definition) is 0. The van der Waals surface area contributed by atoms with Crippen molar-refractivity contribution in [3.05, 3.63) is 118 Å². The first kappa shape index (κ1) is 20.4. The summed E-state index contributed by atoms with van der Waals surface area (Å²) in [6.45, 7) is 16.4. The molecule has 0 aliphatic rings. The average molecular weight is 447 g/mol. The summed E-state index contributed by atoms with van der Waals surface area (Å²) < 4.78 is 3.75. The van der Waals surface area contributed by atoms with E-state index in [2.05, 4.69) is 93.0 Å². The van der Waals surface area contributed by atoms with E-state index in [1.54, 1.807) is 11.3 Å². The fourth-order valence-corrected chi connectivity index (χ4v) is 6.66. The molecule has 0 aliphatic carbocycles. The summed E-state index contributed by atoms with van der Waals surface area (Å²) in [6, 6.07) is 23.9. The zero-order valence-corrected chi connectivity index (χ0v) is 19.4. The highest BCUT2D eigenvalue weighted by atomic mass is 32.1. The number of hydrogen-bond acceptors (Lipinski definition) is 2. The summed E-state index contributed by atoms with van der Waals surface area (Å²) in [5.41, 5.74) is 5.72. The monoisotopic (exact) mass is 446 g/mol. The van der Waals surface area contributed by atoms with Gasteiger partial charge in [-0.25, -0.2) is 0 Å². The highest BCUT2D eigenvalue weighted by Gasteiger charge is 2.12. The maximum Gasteiger partial charge on any atom is 0.0433 e. The van der Waals surface area contributed by atoms with Crippen LogP contribution in [0.5, 0.6) is 0 Å². The van der Waals surface area contributed by atoms with E-state index in [0.29, 0.717) is 0 Å². The van der Waals surface area contributed by atoms with Crippen LogP contribution in [0.15, 0.2) is 92.5 Å². The molecule has 2 heterocycles.